The van der Waals surface area contributed by atoms with Crippen LogP contribution in [0.1, 0.15) is 20.3 Å². The zero-order chi connectivity index (χ0) is 16.9. The molecule has 0 aliphatic carbocycles. The van der Waals surface area contributed by atoms with E-state index in [1.807, 2.05) is 23.2 Å². The van der Waals surface area contributed by atoms with Crippen LogP contribution in [0.5, 0.6) is 0 Å². The van der Waals surface area contributed by atoms with Gasteiger partial charge in [0, 0.05) is 70.5 Å². The van der Waals surface area contributed by atoms with E-state index in [0.29, 0.717) is 24.4 Å². The number of nitrogens with one attached hydrogen (secondary N) is 1. The van der Waals surface area contributed by atoms with E-state index < -0.39 is 0 Å². The van der Waals surface area contributed by atoms with Gasteiger partial charge >= 0.3 is 0 Å². The molecule has 1 N–H and O–H groups in total. The molecule has 1 aromatic heterocycles. The second-order valence-corrected chi connectivity index (χ2v) is 7.03. The molecule has 1 amide bonds. The first-order chi connectivity index (χ1) is 11.6. The summed E-state index contributed by atoms with van der Waals surface area (Å²) in [4.78, 5) is 23.6. The first-order valence-corrected chi connectivity index (χ1v) is 9.04. The molecule has 0 bridgehead atoms. The van der Waals surface area contributed by atoms with Crippen LogP contribution in [-0.4, -0.2) is 78.6 Å². The van der Waals surface area contributed by atoms with Gasteiger partial charge in [-0.05, 0) is 26.0 Å². The van der Waals surface area contributed by atoms with Crippen molar-refractivity contribution in [3.63, 3.8) is 0 Å². The van der Waals surface area contributed by atoms with Crippen LogP contribution in [-0.2, 0) is 4.79 Å². The van der Waals surface area contributed by atoms with Gasteiger partial charge in [0.1, 0.15) is 5.82 Å². The molecule has 132 valence electrons. The van der Waals surface area contributed by atoms with Crippen LogP contribution in [0.25, 0.3) is 0 Å². The fourth-order valence-electron chi connectivity index (χ4n) is 3.68. The minimum atomic E-state index is 0.294. The lowest BCUT2D eigenvalue weighted by molar-refractivity contribution is -0.133. The number of amides is 1. The largest absolute Gasteiger partial charge is 0.354 e. The number of carbonyl (C=O) groups excluding carboxylic acids is 1. The summed E-state index contributed by atoms with van der Waals surface area (Å²) in [6, 6.07) is 6.82. The van der Waals surface area contributed by atoms with Crippen molar-refractivity contribution in [1.82, 2.24) is 20.1 Å². The van der Waals surface area contributed by atoms with Gasteiger partial charge in [0.25, 0.3) is 0 Å². The summed E-state index contributed by atoms with van der Waals surface area (Å²) in [7, 11) is 0. The molecule has 0 saturated carbocycles. The Bertz CT molecular complexity index is 519. The third kappa shape index (κ3) is 4.45. The van der Waals surface area contributed by atoms with E-state index in [1.54, 1.807) is 0 Å². The molecule has 3 heterocycles. The average Bonchev–Trinajstić information content (AvgIpc) is 2.60. The van der Waals surface area contributed by atoms with E-state index in [9.17, 15) is 4.79 Å². The molecule has 1 aromatic rings. The molecule has 2 saturated heterocycles. The number of nitrogens with zero attached hydrogens (tertiary/aromatic N) is 4. The SMILES string of the molecule is C[C@@H]1CN(C(=O)CCN2CCN(c3ccccn3)CC2)C[C@H](C)N1. The molecule has 6 nitrogen and oxygen atoms in total. The molecule has 24 heavy (non-hydrogen) atoms. The summed E-state index contributed by atoms with van der Waals surface area (Å²) in [5, 5.41) is 3.47. The first-order valence-electron chi connectivity index (χ1n) is 9.04. The van der Waals surface area contributed by atoms with Gasteiger partial charge in [0.05, 0.1) is 0 Å². The highest BCUT2D eigenvalue weighted by Crippen LogP contribution is 2.13. The average molecular weight is 331 g/mol. The summed E-state index contributed by atoms with van der Waals surface area (Å²) < 4.78 is 0. The van der Waals surface area contributed by atoms with Crippen LogP contribution < -0.4 is 10.2 Å². The fraction of sp³-hybridized carbons (Fsp3) is 0.667. The topological polar surface area (TPSA) is 51.7 Å². The zero-order valence-electron chi connectivity index (χ0n) is 14.8. The van der Waals surface area contributed by atoms with Crippen molar-refractivity contribution in [3.8, 4) is 0 Å². The lowest BCUT2D eigenvalue weighted by atomic mass is 10.1. The quantitative estimate of drug-likeness (QED) is 0.885. The molecule has 6 heteroatoms. The molecular formula is C18H29N5O. The van der Waals surface area contributed by atoms with E-state index in [2.05, 4.69) is 40.0 Å². The molecule has 0 unspecified atom stereocenters. The van der Waals surface area contributed by atoms with E-state index in [0.717, 1.165) is 51.6 Å². The van der Waals surface area contributed by atoms with Crippen molar-refractivity contribution in [1.29, 1.82) is 0 Å². The maximum Gasteiger partial charge on any atom is 0.223 e. The Morgan fingerprint density at radius 1 is 1.17 bits per heavy atom. The number of pyridine rings is 1. The summed E-state index contributed by atoms with van der Waals surface area (Å²) in [6.07, 6.45) is 2.47. The van der Waals surface area contributed by atoms with Crippen molar-refractivity contribution in [2.45, 2.75) is 32.4 Å². The first kappa shape index (κ1) is 17.2. The van der Waals surface area contributed by atoms with Gasteiger partial charge in [-0.3, -0.25) is 9.69 Å². The maximum absolute atomic E-state index is 12.5. The Morgan fingerprint density at radius 3 is 2.50 bits per heavy atom. The standard InChI is InChI=1S/C18H29N5O/c1-15-13-23(14-16(2)20-15)18(24)6-8-21-9-11-22(12-10-21)17-5-3-4-7-19-17/h3-5,7,15-16,20H,6,8-14H2,1-2H3/t15-,16+. The Morgan fingerprint density at radius 2 is 1.88 bits per heavy atom. The van der Waals surface area contributed by atoms with Gasteiger partial charge in [0.2, 0.25) is 5.91 Å². The Balaban J connectivity index is 1.41. The van der Waals surface area contributed by atoms with Crippen LogP contribution in [0.15, 0.2) is 24.4 Å². The molecule has 0 radical (unpaired) electrons. The minimum Gasteiger partial charge on any atom is -0.354 e. The van der Waals surface area contributed by atoms with Crippen molar-refractivity contribution >= 4 is 11.7 Å². The van der Waals surface area contributed by atoms with Gasteiger partial charge in [-0.25, -0.2) is 4.98 Å². The summed E-state index contributed by atoms with van der Waals surface area (Å²) in [5.41, 5.74) is 0. The van der Waals surface area contributed by atoms with Crippen molar-refractivity contribution in [3.05, 3.63) is 24.4 Å². The van der Waals surface area contributed by atoms with Crippen molar-refractivity contribution in [2.24, 2.45) is 0 Å². The van der Waals surface area contributed by atoms with Crippen molar-refractivity contribution in [2.75, 3.05) is 50.7 Å². The van der Waals surface area contributed by atoms with E-state index in [-0.39, 0.29) is 0 Å². The fourth-order valence-corrected chi connectivity index (χ4v) is 3.68. The number of hydrogen-bond acceptors (Lipinski definition) is 5. The molecule has 2 aliphatic heterocycles. The van der Waals surface area contributed by atoms with Gasteiger partial charge in [-0.1, -0.05) is 6.07 Å². The monoisotopic (exact) mass is 331 g/mol. The molecular weight excluding hydrogens is 302 g/mol. The number of aromatic nitrogens is 1. The lowest BCUT2D eigenvalue weighted by Crippen LogP contribution is -2.56. The summed E-state index contributed by atoms with van der Waals surface area (Å²) in [5.74, 6) is 1.35. The van der Waals surface area contributed by atoms with Crippen LogP contribution in [0, 0.1) is 0 Å². The van der Waals surface area contributed by atoms with Crippen LogP contribution in [0.2, 0.25) is 0 Å². The lowest BCUT2D eigenvalue weighted by Gasteiger charge is -2.38. The highest BCUT2D eigenvalue weighted by atomic mass is 16.2. The number of carbonyl (C=O) groups is 1. The van der Waals surface area contributed by atoms with E-state index in [4.69, 9.17) is 0 Å². The van der Waals surface area contributed by atoms with Gasteiger partial charge in [0.15, 0.2) is 0 Å². The Kier molecular flexibility index (Phi) is 5.68. The van der Waals surface area contributed by atoms with E-state index >= 15 is 0 Å². The smallest absolute Gasteiger partial charge is 0.223 e. The van der Waals surface area contributed by atoms with Gasteiger partial charge in [-0.2, -0.15) is 0 Å². The Labute approximate surface area is 144 Å². The molecule has 0 spiro atoms. The number of rotatable bonds is 4. The van der Waals surface area contributed by atoms with Crippen LogP contribution in [0.3, 0.4) is 0 Å². The van der Waals surface area contributed by atoms with Crippen LogP contribution >= 0.6 is 0 Å². The molecule has 0 aromatic carbocycles. The zero-order valence-corrected chi connectivity index (χ0v) is 14.8. The second-order valence-electron chi connectivity index (χ2n) is 7.03. The third-order valence-corrected chi connectivity index (χ3v) is 4.90. The number of hydrogen-bond donors (Lipinski definition) is 1. The number of anilines is 1. The highest BCUT2D eigenvalue weighted by Gasteiger charge is 2.25. The second kappa shape index (κ2) is 7.94. The van der Waals surface area contributed by atoms with Gasteiger partial charge in [-0.15, -0.1) is 0 Å². The molecule has 2 fully saturated rings. The molecule has 3 rings (SSSR count). The Hall–Kier alpha value is -1.66. The predicted molar refractivity (Wildman–Crippen MR) is 96.1 cm³/mol. The predicted octanol–water partition coefficient (Wildman–Crippen LogP) is 0.803. The third-order valence-electron chi connectivity index (χ3n) is 4.90. The molecule has 2 aliphatic rings. The van der Waals surface area contributed by atoms with E-state index in [1.165, 1.54) is 0 Å². The van der Waals surface area contributed by atoms with Crippen LogP contribution in [0.4, 0.5) is 5.82 Å². The summed E-state index contributed by atoms with van der Waals surface area (Å²) in [6.45, 7) is 10.8. The van der Waals surface area contributed by atoms with Crippen molar-refractivity contribution < 1.29 is 4.79 Å². The normalized spacial score (nSPS) is 25.8. The minimum absolute atomic E-state index is 0.294. The molecule has 2 atom stereocenters. The van der Waals surface area contributed by atoms with Gasteiger partial charge < -0.3 is 15.1 Å². The number of piperazine rings is 2. The highest BCUT2D eigenvalue weighted by molar-refractivity contribution is 5.76. The summed E-state index contributed by atoms with van der Waals surface area (Å²) >= 11 is 0. The maximum atomic E-state index is 12.5.